The van der Waals surface area contributed by atoms with Gasteiger partial charge in [0.25, 0.3) is 5.56 Å². The maximum Gasteiger partial charge on any atom is 0.358 e. The number of benzene rings is 1. The van der Waals surface area contributed by atoms with Gasteiger partial charge in [-0.1, -0.05) is 4.74 Å². The van der Waals surface area contributed by atoms with Crippen LogP contribution in [0.2, 0.25) is 0 Å². The minimum atomic E-state index is -0.579. The van der Waals surface area contributed by atoms with Gasteiger partial charge in [-0.25, -0.2) is 4.79 Å². The first-order chi connectivity index (χ1) is 8.52. The highest BCUT2D eigenvalue weighted by atomic mass is 16.5. The van der Waals surface area contributed by atoms with Gasteiger partial charge in [-0.15, -0.1) is 0 Å². The molecule has 6 heteroatoms. The summed E-state index contributed by atoms with van der Waals surface area (Å²) in [5.41, 5.74) is -0.163. The van der Waals surface area contributed by atoms with Crippen molar-refractivity contribution in [3.63, 3.8) is 0 Å². The van der Waals surface area contributed by atoms with Crippen molar-refractivity contribution in [1.82, 2.24) is 10.1 Å². The van der Waals surface area contributed by atoms with Crippen LogP contribution >= 0.6 is 0 Å². The van der Waals surface area contributed by atoms with Crippen LogP contribution in [0.1, 0.15) is 13.8 Å². The molecule has 0 aliphatic heterocycles. The van der Waals surface area contributed by atoms with Crippen LogP contribution in [0.4, 0.5) is 4.79 Å². The molecule has 0 spiro atoms. The highest BCUT2D eigenvalue weighted by Gasteiger charge is 2.16. The predicted molar refractivity (Wildman–Crippen MR) is 66.1 cm³/mol. The normalized spacial score (nSPS) is 10.9. The first kappa shape index (κ1) is 12.2. The Bertz CT molecular complexity index is 639. The number of aromatic nitrogens is 1. The molecular formula is C12H14N2O4. The first-order valence-electron chi connectivity index (χ1n) is 5.54. The molecule has 1 N–H and O–H groups in total. The number of amides is 1. The quantitative estimate of drug-likeness (QED) is 0.878. The largest absolute Gasteiger partial charge is 0.497 e. The van der Waals surface area contributed by atoms with E-state index in [0.717, 1.165) is 0 Å². The van der Waals surface area contributed by atoms with E-state index in [1.54, 1.807) is 32.0 Å². The van der Waals surface area contributed by atoms with Gasteiger partial charge < -0.3 is 14.6 Å². The maximum atomic E-state index is 11.9. The molecule has 0 fully saturated rings. The number of hydrogen-bond acceptors (Lipinski definition) is 4. The topological polar surface area (TPSA) is 73.5 Å². The molecule has 18 heavy (non-hydrogen) atoms. The highest BCUT2D eigenvalue weighted by Crippen LogP contribution is 2.18. The number of nitrogens with one attached hydrogen (secondary N) is 1. The Kier molecular flexibility index (Phi) is 3.10. The van der Waals surface area contributed by atoms with E-state index in [4.69, 9.17) is 9.26 Å². The van der Waals surface area contributed by atoms with Crippen molar-refractivity contribution >= 4 is 17.0 Å². The van der Waals surface area contributed by atoms with Crippen LogP contribution in [0.15, 0.2) is 27.5 Å². The Morgan fingerprint density at radius 2 is 2.17 bits per heavy atom. The molecule has 0 radical (unpaired) electrons. The fourth-order valence-corrected chi connectivity index (χ4v) is 1.57. The van der Waals surface area contributed by atoms with E-state index < -0.39 is 11.6 Å². The number of methoxy groups -OCH3 is 1. The average Bonchev–Trinajstić information content (AvgIpc) is 2.65. The van der Waals surface area contributed by atoms with Crippen LogP contribution in [-0.4, -0.2) is 23.9 Å². The van der Waals surface area contributed by atoms with Crippen molar-refractivity contribution < 1.29 is 14.1 Å². The van der Waals surface area contributed by atoms with E-state index in [1.165, 1.54) is 7.11 Å². The zero-order valence-electron chi connectivity index (χ0n) is 10.4. The van der Waals surface area contributed by atoms with Crippen LogP contribution in [0.3, 0.4) is 0 Å². The lowest BCUT2D eigenvalue weighted by atomic mass is 10.2. The molecule has 1 aromatic heterocycles. The number of rotatable bonds is 2. The van der Waals surface area contributed by atoms with Gasteiger partial charge in [0.1, 0.15) is 5.75 Å². The second-order valence-electron chi connectivity index (χ2n) is 4.16. The number of hydrogen-bond donors (Lipinski definition) is 1. The number of carbonyl (C=O) groups is 1. The van der Waals surface area contributed by atoms with Crippen LogP contribution in [0.25, 0.3) is 11.0 Å². The lowest BCUT2D eigenvalue weighted by Crippen LogP contribution is -2.37. The monoisotopic (exact) mass is 250 g/mol. The average molecular weight is 250 g/mol. The second-order valence-corrected chi connectivity index (χ2v) is 4.16. The smallest absolute Gasteiger partial charge is 0.358 e. The fourth-order valence-electron chi connectivity index (χ4n) is 1.57. The van der Waals surface area contributed by atoms with Crippen LogP contribution in [0.5, 0.6) is 5.75 Å². The van der Waals surface area contributed by atoms with Gasteiger partial charge >= 0.3 is 6.03 Å². The van der Waals surface area contributed by atoms with Crippen LogP contribution in [-0.2, 0) is 0 Å². The molecule has 0 saturated heterocycles. The SMILES string of the molecule is COc1ccc2c(=O)n(C(=O)NC(C)C)oc2c1. The second kappa shape index (κ2) is 4.56. The summed E-state index contributed by atoms with van der Waals surface area (Å²) in [6.07, 6.45) is 0. The molecule has 6 nitrogen and oxygen atoms in total. The zero-order valence-corrected chi connectivity index (χ0v) is 10.4. The maximum absolute atomic E-state index is 11.9. The molecule has 2 rings (SSSR count). The molecular weight excluding hydrogens is 236 g/mol. The van der Waals surface area contributed by atoms with E-state index >= 15 is 0 Å². The minimum absolute atomic E-state index is 0.0767. The molecule has 0 bridgehead atoms. The molecule has 1 aromatic carbocycles. The number of nitrogens with zero attached hydrogens (tertiary/aromatic N) is 1. The molecule has 0 atom stereocenters. The highest BCUT2D eigenvalue weighted by molar-refractivity contribution is 5.83. The van der Waals surface area contributed by atoms with Gasteiger partial charge in [0.15, 0.2) is 5.58 Å². The van der Waals surface area contributed by atoms with Crippen molar-refractivity contribution in [1.29, 1.82) is 0 Å². The standard InChI is InChI=1S/C12H14N2O4/c1-7(2)13-12(16)14-11(15)9-5-4-8(17-3)6-10(9)18-14/h4-7H,1-3H3,(H,13,16). The molecule has 0 aliphatic carbocycles. The molecule has 96 valence electrons. The van der Waals surface area contributed by atoms with Crippen molar-refractivity contribution in [2.75, 3.05) is 7.11 Å². The fraction of sp³-hybridized carbons (Fsp3) is 0.333. The summed E-state index contributed by atoms with van der Waals surface area (Å²) in [5, 5.41) is 2.93. The Morgan fingerprint density at radius 1 is 1.44 bits per heavy atom. The van der Waals surface area contributed by atoms with E-state index in [0.29, 0.717) is 21.5 Å². The Morgan fingerprint density at radius 3 is 2.78 bits per heavy atom. The van der Waals surface area contributed by atoms with Crippen molar-refractivity contribution in [3.8, 4) is 5.75 Å². The number of fused-ring (bicyclic) bond motifs is 1. The number of carbonyl (C=O) groups excluding carboxylic acids is 1. The van der Waals surface area contributed by atoms with Gasteiger partial charge in [-0.2, -0.15) is 0 Å². The van der Waals surface area contributed by atoms with Crippen molar-refractivity contribution in [2.24, 2.45) is 0 Å². The third-order valence-corrected chi connectivity index (χ3v) is 2.39. The van der Waals surface area contributed by atoms with Crippen molar-refractivity contribution in [2.45, 2.75) is 19.9 Å². The van der Waals surface area contributed by atoms with Crippen LogP contribution < -0.4 is 15.6 Å². The first-order valence-corrected chi connectivity index (χ1v) is 5.54. The van der Waals surface area contributed by atoms with Crippen molar-refractivity contribution in [3.05, 3.63) is 28.6 Å². The summed E-state index contributed by atoms with van der Waals surface area (Å²) >= 11 is 0. The van der Waals surface area contributed by atoms with Gasteiger partial charge in [0.05, 0.1) is 12.5 Å². The Balaban J connectivity index is 2.50. The summed E-state index contributed by atoms with van der Waals surface area (Å²) < 4.78 is 11.0. The minimum Gasteiger partial charge on any atom is -0.497 e. The summed E-state index contributed by atoms with van der Waals surface area (Å²) in [7, 11) is 1.52. The lowest BCUT2D eigenvalue weighted by molar-refractivity contribution is 0.211. The summed E-state index contributed by atoms with van der Waals surface area (Å²) in [5.74, 6) is 0.563. The van der Waals surface area contributed by atoms with Gasteiger partial charge in [-0.3, -0.25) is 4.79 Å². The lowest BCUT2D eigenvalue weighted by Gasteiger charge is -2.05. The Labute approximate surface area is 103 Å². The van der Waals surface area contributed by atoms with E-state index in [1.807, 2.05) is 0 Å². The summed E-state index contributed by atoms with van der Waals surface area (Å²) in [6.45, 7) is 3.60. The van der Waals surface area contributed by atoms with Gasteiger partial charge in [0.2, 0.25) is 0 Å². The van der Waals surface area contributed by atoms with Gasteiger partial charge in [-0.05, 0) is 26.0 Å². The summed E-state index contributed by atoms with van der Waals surface area (Å²) in [6, 6.07) is 4.12. The molecule has 0 unspecified atom stereocenters. The van der Waals surface area contributed by atoms with Crippen LogP contribution in [0, 0.1) is 0 Å². The van der Waals surface area contributed by atoms with E-state index in [2.05, 4.69) is 5.32 Å². The summed E-state index contributed by atoms with van der Waals surface area (Å²) in [4.78, 5) is 23.6. The molecule has 1 amide bonds. The molecule has 2 aromatic rings. The predicted octanol–water partition coefficient (Wildman–Crippen LogP) is 1.57. The molecule has 0 aliphatic rings. The van der Waals surface area contributed by atoms with E-state index in [-0.39, 0.29) is 6.04 Å². The molecule has 0 saturated carbocycles. The number of ether oxygens (including phenoxy) is 1. The Hall–Kier alpha value is -2.24. The third kappa shape index (κ3) is 2.09. The zero-order chi connectivity index (χ0) is 13.3. The molecule has 1 heterocycles. The third-order valence-electron chi connectivity index (χ3n) is 2.39. The van der Waals surface area contributed by atoms with Gasteiger partial charge in [0, 0.05) is 12.1 Å². The van der Waals surface area contributed by atoms with E-state index in [9.17, 15) is 9.59 Å².